The molecule has 17 heavy (non-hydrogen) atoms. The third kappa shape index (κ3) is 1.95. The van der Waals surface area contributed by atoms with E-state index in [0.29, 0.717) is 6.04 Å². The number of nitrogens with one attached hydrogen (secondary N) is 1. The number of anilines is 1. The van der Waals surface area contributed by atoms with E-state index in [4.69, 9.17) is 0 Å². The fourth-order valence-corrected chi connectivity index (χ4v) is 3.27. The molecule has 0 radical (unpaired) electrons. The van der Waals surface area contributed by atoms with Crippen molar-refractivity contribution in [3.63, 3.8) is 0 Å². The first kappa shape index (κ1) is 11.1. The predicted molar refractivity (Wildman–Crippen MR) is 72.5 cm³/mol. The van der Waals surface area contributed by atoms with Gasteiger partial charge >= 0.3 is 0 Å². The summed E-state index contributed by atoms with van der Waals surface area (Å²) in [6.45, 7) is 8.32. The topological polar surface area (TPSA) is 15.3 Å². The summed E-state index contributed by atoms with van der Waals surface area (Å²) < 4.78 is 0. The highest BCUT2D eigenvalue weighted by molar-refractivity contribution is 5.59. The number of fused-ring (bicyclic) bond motifs is 1. The first-order chi connectivity index (χ1) is 8.25. The lowest BCUT2D eigenvalue weighted by Gasteiger charge is -2.29. The molecule has 2 nitrogen and oxygen atoms in total. The van der Waals surface area contributed by atoms with Crippen molar-refractivity contribution < 1.29 is 0 Å². The van der Waals surface area contributed by atoms with Crippen LogP contribution in [0.3, 0.4) is 0 Å². The van der Waals surface area contributed by atoms with Crippen molar-refractivity contribution >= 4 is 5.69 Å². The van der Waals surface area contributed by atoms with Crippen molar-refractivity contribution in [2.75, 3.05) is 24.5 Å². The normalized spacial score (nSPS) is 31.9. The predicted octanol–water partition coefficient (Wildman–Crippen LogP) is 2.29. The van der Waals surface area contributed by atoms with Crippen LogP contribution in [0.15, 0.2) is 24.3 Å². The van der Waals surface area contributed by atoms with Gasteiger partial charge in [-0.2, -0.15) is 0 Å². The standard InChI is InChI=1S/C15H22N2/c1-11-8-16-9-14(11)10-17-12(2)7-13-5-3-4-6-15(13)17/h3-6,11-12,14,16H,7-10H2,1-2H3. The Bertz CT molecular complexity index is 402. The van der Waals surface area contributed by atoms with Gasteiger partial charge in [-0.1, -0.05) is 25.1 Å². The quantitative estimate of drug-likeness (QED) is 0.838. The maximum Gasteiger partial charge on any atom is 0.0402 e. The Balaban J connectivity index is 1.79. The number of rotatable bonds is 2. The van der Waals surface area contributed by atoms with Crippen LogP contribution in [0.2, 0.25) is 0 Å². The summed E-state index contributed by atoms with van der Waals surface area (Å²) in [4.78, 5) is 2.61. The number of benzene rings is 1. The maximum atomic E-state index is 3.51. The molecule has 3 unspecified atom stereocenters. The Hall–Kier alpha value is -1.02. The molecule has 2 aliphatic rings. The highest BCUT2D eigenvalue weighted by atomic mass is 15.2. The zero-order valence-electron chi connectivity index (χ0n) is 10.8. The zero-order valence-corrected chi connectivity index (χ0v) is 10.8. The molecule has 0 aromatic heterocycles. The summed E-state index contributed by atoms with van der Waals surface area (Å²) in [6.07, 6.45) is 1.21. The molecule has 1 aromatic rings. The SMILES string of the molecule is CC1CNCC1CN1c2ccccc2CC1C. The second kappa shape index (κ2) is 4.34. The molecular formula is C15H22N2. The van der Waals surface area contributed by atoms with Gasteiger partial charge in [0, 0.05) is 18.3 Å². The number of hydrogen-bond donors (Lipinski definition) is 1. The van der Waals surface area contributed by atoms with Crippen molar-refractivity contribution in [1.29, 1.82) is 0 Å². The number of hydrogen-bond acceptors (Lipinski definition) is 2. The molecule has 3 atom stereocenters. The minimum atomic E-state index is 0.667. The molecule has 1 aromatic carbocycles. The van der Waals surface area contributed by atoms with E-state index < -0.39 is 0 Å². The largest absolute Gasteiger partial charge is 0.368 e. The van der Waals surface area contributed by atoms with Gasteiger partial charge < -0.3 is 10.2 Å². The molecule has 92 valence electrons. The summed E-state index contributed by atoms with van der Waals surface area (Å²) in [6, 6.07) is 9.56. The van der Waals surface area contributed by atoms with Crippen LogP contribution in [0.4, 0.5) is 5.69 Å². The van der Waals surface area contributed by atoms with Crippen LogP contribution in [0, 0.1) is 11.8 Å². The van der Waals surface area contributed by atoms with Gasteiger partial charge in [-0.3, -0.25) is 0 Å². The van der Waals surface area contributed by atoms with E-state index in [0.717, 1.165) is 11.8 Å². The Morgan fingerprint density at radius 3 is 2.82 bits per heavy atom. The first-order valence-corrected chi connectivity index (χ1v) is 6.81. The number of para-hydroxylation sites is 1. The Kier molecular flexibility index (Phi) is 2.83. The van der Waals surface area contributed by atoms with E-state index >= 15 is 0 Å². The molecule has 1 fully saturated rings. The minimum Gasteiger partial charge on any atom is -0.368 e. The lowest BCUT2D eigenvalue weighted by atomic mass is 9.97. The van der Waals surface area contributed by atoms with Crippen molar-refractivity contribution in [1.82, 2.24) is 5.32 Å². The molecular weight excluding hydrogens is 208 g/mol. The molecule has 1 N–H and O–H groups in total. The molecule has 0 aliphatic carbocycles. The number of nitrogens with zero attached hydrogens (tertiary/aromatic N) is 1. The van der Waals surface area contributed by atoms with Crippen molar-refractivity contribution in [2.45, 2.75) is 26.3 Å². The Labute approximate surface area is 104 Å². The van der Waals surface area contributed by atoms with Crippen LogP contribution >= 0.6 is 0 Å². The summed E-state index contributed by atoms with van der Waals surface area (Å²) in [5, 5.41) is 3.51. The highest BCUT2D eigenvalue weighted by Gasteiger charge is 2.31. The molecule has 2 heteroatoms. The monoisotopic (exact) mass is 230 g/mol. The van der Waals surface area contributed by atoms with Crippen LogP contribution in [0.25, 0.3) is 0 Å². The molecule has 0 bridgehead atoms. The van der Waals surface area contributed by atoms with Crippen LogP contribution in [0.1, 0.15) is 19.4 Å². The van der Waals surface area contributed by atoms with Crippen LogP contribution < -0.4 is 10.2 Å². The van der Waals surface area contributed by atoms with Crippen molar-refractivity contribution in [3.05, 3.63) is 29.8 Å². The zero-order chi connectivity index (χ0) is 11.8. The summed E-state index contributed by atoms with van der Waals surface area (Å²) in [5.74, 6) is 1.62. The minimum absolute atomic E-state index is 0.667. The Morgan fingerprint density at radius 1 is 1.24 bits per heavy atom. The van der Waals surface area contributed by atoms with Crippen molar-refractivity contribution in [2.24, 2.45) is 11.8 Å². The van der Waals surface area contributed by atoms with Gasteiger partial charge in [-0.15, -0.1) is 0 Å². The van der Waals surface area contributed by atoms with Crippen LogP contribution in [-0.2, 0) is 6.42 Å². The summed E-state index contributed by atoms with van der Waals surface area (Å²) >= 11 is 0. The lowest BCUT2D eigenvalue weighted by molar-refractivity contribution is 0.437. The molecule has 2 aliphatic heterocycles. The van der Waals surface area contributed by atoms with Gasteiger partial charge in [0.25, 0.3) is 0 Å². The van der Waals surface area contributed by atoms with E-state index in [1.54, 1.807) is 0 Å². The summed E-state index contributed by atoms with van der Waals surface area (Å²) in [7, 11) is 0. The lowest BCUT2D eigenvalue weighted by Crippen LogP contribution is -2.36. The van der Waals surface area contributed by atoms with E-state index in [1.165, 1.54) is 37.3 Å². The van der Waals surface area contributed by atoms with Gasteiger partial charge in [0.1, 0.15) is 0 Å². The van der Waals surface area contributed by atoms with E-state index in [-0.39, 0.29) is 0 Å². The fourth-order valence-electron chi connectivity index (χ4n) is 3.27. The van der Waals surface area contributed by atoms with E-state index in [9.17, 15) is 0 Å². The van der Waals surface area contributed by atoms with Gasteiger partial charge in [0.05, 0.1) is 0 Å². The van der Waals surface area contributed by atoms with Gasteiger partial charge in [-0.05, 0) is 49.9 Å². The van der Waals surface area contributed by atoms with Crippen molar-refractivity contribution in [3.8, 4) is 0 Å². The van der Waals surface area contributed by atoms with E-state index in [2.05, 4.69) is 48.3 Å². The second-order valence-corrected chi connectivity index (χ2v) is 5.73. The first-order valence-electron chi connectivity index (χ1n) is 6.81. The van der Waals surface area contributed by atoms with E-state index in [1.807, 2.05) is 0 Å². The Morgan fingerprint density at radius 2 is 2.06 bits per heavy atom. The molecule has 0 spiro atoms. The van der Waals surface area contributed by atoms with Gasteiger partial charge in [0.15, 0.2) is 0 Å². The van der Waals surface area contributed by atoms with Gasteiger partial charge in [-0.25, -0.2) is 0 Å². The third-order valence-corrected chi connectivity index (χ3v) is 4.46. The average Bonchev–Trinajstić information content (AvgIpc) is 2.85. The molecule has 1 saturated heterocycles. The van der Waals surface area contributed by atoms with Crippen LogP contribution in [0.5, 0.6) is 0 Å². The second-order valence-electron chi connectivity index (χ2n) is 5.73. The molecule has 0 saturated carbocycles. The molecule has 0 amide bonds. The summed E-state index contributed by atoms with van der Waals surface area (Å²) in [5.41, 5.74) is 3.00. The smallest absolute Gasteiger partial charge is 0.0402 e. The van der Waals surface area contributed by atoms with Gasteiger partial charge in [0.2, 0.25) is 0 Å². The maximum absolute atomic E-state index is 3.51. The molecule has 2 heterocycles. The third-order valence-electron chi connectivity index (χ3n) is 4.46. The van der Waals surface area contributed by atoms with Crippen LogP contribution in [-0.4, -0.2) is 25.7 Å². The molecule has 3 rings (SSSR count). The fraction of sp³-hybridized carbons (Fsp3) is 0.600. The average molecular weight is 230 g/mol. The highest BCUT2D eigenvalue weighted by Crippen LogP contribution is 2.33.